The summed E-state index contributed by atoms with van der Waals surface area (Å²) < 4.78 is 42.6. The normalized spacial score (nSPS) is 14.5. The molecule has 7 heteroatoms. The Morgan fingerprint density at radius 2 is 1.68 bits per heavy atom. The van der Waals surface area contributed by atoms with E-state index < -0.39 is 30.0 Å². The van der Waals surface area contributed by atoms with E-state index >= 15 is 0 Å². The molecule has 22 heavy (non-hydrogen) atoms. The largest absolute Gasteiger partial charge is 0.467 e. The second-order valence-corrected chi connectivity index (χ2v) is 5.23. The summed E-state index contributed by atoms with van der Waals surface area (Å²) in [5.41, 5.74) is -2.96. The third kappa shape index (κ3) is 3.65. The van der Waals surface area contributed by atoms with Gasteiger partial charge in [0.15, 0.2) is 5.78 Å². The molecule has 0 heterocycles. The lowest BCUT2D eigenvalue weighted by atomic mass is 9.92. The third-order valence-corrected chi connectivity index (χ3v) is 3.31. The van der Waals surface area contributed by atoms with Gasteiger partial charge in [0, 0.05) is 5.56 Å². The molecule has 0 saturated carbocycles. The number of alkyl halides is 3. The number of benzene rings is 1. The number of carbonyl (C=O) groups excluding carboxylic acids is 2. The fraction of sp³-hybridized carbons (Fsp3) is 0.467. The second kappa shape index (κ2) is 6.48. The molecule has 4 nitrogen and oxygen atoms in total. The highest BCUT2D eigenvalue weighted by atomic mass is 19.4. The number of aliphatic hydroxyl groups is 1. The highest BCUT2D eigenvalue weighted by Crippen LogP contribution is 2.35. The Labute approximate surface area is 125 Å². The van der Waals surface area contributed by atoms with Crippen molar-refractivity contribution >= 4 is 11.8 Å². The van der Waals surface area contributed by atoms with E-state index in [1.807, 2.05) is 13.8 Å². The van der Waals surface area contributed by atoms with Crippen molar-refractivity contribution in [2.24, 2.45) is 0 Å². The molecule has 0 aliphatic rings. The van der Waals surface area contributed by atoms with E-state index in [9.17, 15) is 27.9 Å². The summed E-state index contributed by atoms with van der Waals surface area (Å²) in [5.74, 6) is -2.71. The van der Waals surface area contributed by atoms with Gasteiger partial charge in [-0.15, -0.1) is 0 Å². The van der Waals surface area contributed by atoms with Crippen LogP contribution in [0.5, 0.6) is 0 Å². The van der Waals surface area contributed by atoms with Crippen LogP contribution in [0.3, 0.4) is 0 Å². The van der Waals surface area contributed by atoms with Crippen molar-refractivity contribution in [1.29, 1.82) is 0 Å². The summed E-state index contributed by atoms with van der Waals surface area (Å²) in [7, 11) is 0.709. The number of hydrogen-bond donors (Lipinski definition) is 1. The number of ether oxygens (including phenoxy) is 1. The maximum Gasteiger partial charge on any atom is 0.428 e. The van der Waals surface area contributed by atoms with E-state index in [4.69, 9.17) is 0 Å². The van der Waals surface area contributed by atoms with Gasteiger partial charge in [0.05, 0.1) is 13.5 Å². The highest BCUT2D eigenvalue weighted by molar-refractivity contribution is 6.00. The Balaban J connectivity index is 3.04. The quantitative estimate of drug-likeness (QED) is 0.670. The number of ketones is 1. The zero-order valence-corrected chi connectivity index (χ0v) is 12.4. The first-order valence-corrected chi connectivity index (χ1v) is 6.53. The highest BCUT2D eigenvalue weighted by Gasteiger charge is 2.61. The summed E-state index contributed by atoms with van der Waals surface area (Å²) >= 11 is 0. The van der Waals surface area contributed by atoms with Crippen molar-refractivity contribution in [2.75, 3.05) is 7.11 Å². The molecule has 0 radical (unpaired) electrons. The van der Waals surface area contributed by atoms with Crippen molar-refractivity contribution in [3.05, 3.63) is 35.4 Å². The van der Waals surface area contributed by atoms with Gasteiger partial charge < -0.3 is 9.84 Å². The molecule has 0 fully saturated rings. The van der Waals surface area contributed by atoms with Gasteiger partial charge in [-0.2, -0.15) is 13.2 Å². The second-order valence-electron chi connectivity index (χ2n) is 5.23. The van der Waals surface area contributed by atoms with Crippen molar-refractivity contribution in [2.45, 2.75) is 38.0 Å². The number of Topliss-reactive ketones (excluding diaryl/α,β-unsaturated/α-hetero) is 1. The van der Waals surface area contributed by atoms with E-state index in [0.717, 1.165) is 5.56 Å². The number of halogens is 3. The zero-order valence-electron chi connectivity index (χ0n) is 12.4. The predicted molar refractivity (Wildman–Crippen MR) is 72.5 cm³/mol. The molecule has 0 aliphatic carbocycles. The van der Waals surface area contributed by atoms with Gasteiger partial charge >= 0.3 is 12.1 Å². The van der Waals surface area contributed by atoms with Crippen molar-refractivity contribution < 1.29 is 32.6 Å². The van der Waals surface area contributed by atoms with E-state index in [0.29, 0.717) is 7.11 Å². The molecule has 0 spiro atoms. The third-order valence-electron chi connectivity index (χ3n) is 3.31. The standard InChI is InChI=1S/C15H17F3O4/c1-9(2)10-4-6-11(7-5-10)12(19)8-14(21,13(20)22-3)15(16,17)18/h4-7,9,21H,8H2,1-3H3/t14-/m0/s1. The molecule has 1 N–H and O–H groups in total. The van der Waals surface area contributed by atoms with Gasteiger partial charge in [0.2, 0.25) is 0 Å². The number of rotatable bonds is 5. The molecule has 1 aromatic rings. The van der Waals surface area contributed by atoms with Crippen molar-refractivity contribution in [1.82, 2.24) is 0 Å². The van der Waals surface area contributed by atoms with Crippen LogP contribution in [0.2, 0.25) is 0 Å². The van der Waals surface area contributed by atoms with Crippen LogP contribution in [-0.4, -0.2) is 35.7 Å². The minimum Gasteiger partial charge on any atom is -0.467 e. The minimum absolute atomic E-state index is 0.0176. The van der Waals surface area contributed by atoms with Crippen LogP contribution >= 0.6 is 0 Å². The van der Waals surface area contributed by atoms with E-state index in [-0.39, 0.29) is 11.5 Å². The number of methoxy groups -OCH3 is 1. The molecule has 0 saturated heterocycles. The number of hydrogen-bond acceptors (Lipinski definition) is 4. The van der Waals surface area contributed by atoms with Crippen molar-refractivity contribution in [3.63, 3.8) is 0 Å². The first kappa shape index (κ1) is 18.2. The van der Waals surface area contributed by atoms with Crippen LogP contribution in [0, 0.1) is 0 Å². The summed E-state index contributed by atoms with van der Waals surface area (Å²) in [6.07, 6.45) is -6.74. The van der Waals surface area contributed by atoms with Gasteiger partial charge in [-0.25, -0.2) is 4.79 Å². The molecule has 0 bridgehead atoms. The van der Waals surface area contributed by atoms with Crippen LogP contribution in [0.4, 0.5) is 13.2 Å². The number of carbonyl (C=O) groups is 2. The molecule has 1 atom stereocenters. The lowest BCUT2D eigenvalue weighted by Gasteiger charge is -2.26. The maximum atomic E-state index is 12.9. The van der Waals surface area contributed by atoms with Crippen LogP contribution in [0.15, 0.2) is 24.3 Å². The molecule has 0 unspecified atom stereocenters. The Bertz CT molecular complexity index is 549. The molecule has 1 rings (SSSR count). The van der Waals surface area contributed by atoms with Crippen LogP contribution in [0.25, 0.3) is 0 Å². The zero-order chi connectivity index (χ0) is 17.1. The summed E-state index contributed by atoms with van der Waals surface area (Å²) in [5, 5.41) is 9.57. The summed E-state index contributed by atoms with van der Waals surface area (Å²) in [4.78, 5) is 23.2. The van der Waals surface area contributed by atoms with Crippen LogP contribution in [0.1, 0.15) is 42.1 Å². The monoisotopic (exact) mass is 318 g/mol. The summed E-state index contributed by atoms with van der Waals surface area (Å²) in [6, 6.07) is 5.96. The summed E-state index contributed by atoms with van der Waals surface area (Å²) in [6.45, 7) is 3.85. The predicted octanol–water partition coefficient (Wildman–Crippen LogP) is 2.85. The van der Waals surface area contributed by atoms with Gasteiger partial charge in [-0.3, -0.25) is 4.79 Å². The molecule has 0 aliphatic heterocycles. The Morgan fingerprint density at radius 3 is 2.05 bits per heavy atom. The maximum absolute atomic E-state index is 12.9. The molecule has 1 aromatic carbocycles. The fourth-order valence-corrected chi connectivity index (χ4v) is 1.85. The van der Waals surface area contributed by atoms with E-state index in [1.54, 1.807) is 12.1 Å². The molecular weight excluding hydrogens is 301 g/mol. The number of esters is 1. The molecule has 122 valence electrons. The Kier molecular flexibility index (Phi) is 5.35. The van der Waals surface area contributed by atoms with Gasteiger partial charge in [0.25, 0.3) is 5.60 Å². The Morgan fingerprint density at radius 1 is 1.18 bits per heavy atom. The van der Waals surface area contributed by atoms with Gasteiger partial charge in [-0.1, -0.05) is 38.1 Å². The molecule has 0 aromatic heterocycles. The van der Waals surface area contributed by atoms with Crippen molar-refractivity contribution in [3.8, 4) is 0 Å². The van der Waals surface area contributed by atoms with Gasteiger partial charge in [-0.05, 0) is 11.5 Å². The average molecular weight is 318 g/mol. The van der Waals surface area contributed by atoms with Gasteiger partial charge in [0.1, 0.15) is 0 Å². The van der Waals surface area contributed by atoms with Crippen LogP contribution in [-0.2, 0) is 9.53 Å². The van der Waals surface area contributed by atoms with E-state index in [1.165, 1.54) is 12.1 Å². The fourth-order valence-electron chi connectivity index (χ4n) is 1.85. The van der Waals surface area contributed by atoms with E-state index in [2.05, 4.69) is 4.74 Å². The average Bonchev–Trinajstić information content (AvgIpc) is 2.44. The SMILES string of the molecule is COC(=O)[C@@](O)(CC(=O)c1ccc(C(C)C)cc1)C(F)(F)F. The first-order chi connectivity index (χ1) is 10.0. The molecular formula is C15H17F3O4. The van der Waals surface area contributed by atoms with Crippen LogP contribution < -0.4 is 0 Å². The topological polar surface area (TPSA) is 63.6 Å². The first-order valence-electron chi connectivity index (χ1n) is 6.53. The molecule has 0 amide bonds. The smallest absolute Gasteiger partial charge is 0.428 e. The lowest BCUT2D eigenvalue weighted by molar-refractivity contribution is -0.260. The minimum atomic E-state index is -5.31. The Hall–Kier alpha value is -1.89. The lowest BCUT2D eigenvalue weighted by Crippen LogP contribution is -2.54.